The summed E-state index contributed by atoms with van der Waals surface area (Å²) in [6.07, 6.45) is -0.183. The predicted molar refractivity (Wildman–Crippen MR) is 158 cm³/mol. The largest absolute Gasteiger partial charge is 0.493 e. The second-order valence-corrected chi connectivity index (χ2v) is 12.9. The SMILES string of the molecule is CNC(=O)c1cc(S(=O)(=O)N2C[C@@H]3NC(=O)CCc4ccc(OC)c(c4)OCC(=O)NCc4ccc(cc4)O[C@H]3C2)cs1. The van der Waals surface area contributed by atoms with E-state index < -0.39 is 22.2 Å². The Kier molecular flexibility index (Phi) is 9.18. The van der Waals surface area contributed by atoms with Crippen LogP contribution in [0, 0.1) is 0 Å². The Morgan fingerprint density at radius 2 is 1.81 bits per heavy atom. The number of rotatable bonds is 4. The summed E-state index contributed by atoms with van der Waals surface area (Å²) in [6.45, 7) is 0.0547. The van der Waals surface area contributed by atoms with Gasteiger partial charge in [0.25, 0.3) is 11.8 Å². The molecule has 3 N–H and O–H groups in total. The van der Waals surface area contributed by atoms with Crippen LogP contribution in [-0.4, -0.2) is 76.4 Å². The topological polar surface area (TPSA) is 152 Å². The van der Waals surface area contributed by atoms with Crippen LogP contribution >= 0.6 is 11.3 Å². The van der Waals surface area contributed by atoms with Crippen LogP contribution in [0.2, 0.25) is 0 Å². The number of amides is 3. The molecule has 6 rings (SSSR count). The van der Waals surface area contributed by atoms with Gasteiger partial charge in [-0.3, -0.25) is 14.4 Å². The molecule has 3 aliphatic heterocycles. The van der Waals surface area contributed by atoms with Crippen LogP contribution in [0.1, 0.15) is 27.2 Å². The van der Waals surface area contributed by atoms with Crippen LogP contribution < -0.4 is 30.2 Å². The van der Waals surface area contributed by atoms with Crippen molar-refractivity contribution in [3.63, 3.8) is 0 Å². The van der Waals surface area contributed by atoms with Crippen molar-refractivity contribution in [3.05, 3.63) is 69.9 Å². The molecule has 0 spiro atoms. The van der Waals surface area contributed by atoms with Crippen molar-refractivity contribution in [2.24, 2.45) is 0 Å². The lowest BCUT2D eigenvalue weighted by molar-refractivity contribution is -0.123. The number of hydrogen-bond donors (Lipinski definition) is 3. The van der Waals surface area contributed by atoms with E-state index in [1.54, 1.807) is 36.4 Å². The van der Waals surface area contributed by atoms with Gasteiger partial charge in [0.2, 0.25) is 15.9 Å². The molecule has 4 bridgehead atoms. The van der Waals surface area contributed by atoms with E-state index in [2.05, 4.69) is 16.0 Å². The van der Waals surface area contributed by atoms with Crippen molar-refractivity contribution >= 4 is 39.1 Å². The summed E-state index contributed by atoms with van der Waals surface area (Å²) in [5, 5.41) is 9.70. The minimum absolute atomic E-state index is 0.00454. The molecule has 228 valence electrons. The van der Waals surface area contributed by atoms with Crippen LogP contribution in [0.5, 0.6) is 17.2 Å². The number of methoxy groups -OCH3 is 1. The summed E-state index contributed by atoms with van der Waals surface area (Å²) in [6, 6.07) is 13.0. The van der Waals surface area contributed by atoms with E-state index in [1.807, 2.05) is 6.07 Å². The van der Waals surface area contributed by atoms with Crippen LogP contribution in [0.3, 0.4) is 0 Å². The maximum Gasteiger partial charge on any atom is 0.261 e. The zero-order chi connectivity index (χ0) is 30.6. The molecule has 2 aromatic carbocycles. The van der Waals surface area contributed by atoms with Crippen LogP contribution in [0.25, 0.3) is 0 Å². The standard InChI is InChI=1S/C29H32N4O8S2/c1-30-29(36)26-12-21(17-42-26)43(37,38)33-14-22-25(15-33)41-20-7-3-19(4-8-20)13-31-28(35)16-40-24-11-18(5-9-23(24)39-2)6-10-27(34)32-22/h3-5,7-9,11-12,17,22,25H,6,10,13-16H2,1-2H3,(H,30,36)(H,31,35)(H,32,34)/t22-,25-/m0/s1. The van der Waals surface area contributed by atoms with Gasteiger partial charge in [-0.2, -0.15) is 4.31 Å². The van der Waals surface area contributed by atoms with Crippen LogP contribution in [0.15, 0.2) is 58.8 Å². The Hall–Kier alpha value is -4.14. The number of aryl methyl sites for hydroxylation is 1. The fourth-order valence-corrected chi connectivity index (χ4v) is 7.51. The molecule has 12 nitrogen and oxygen atoms in total. The molecule has 0 aliphatic carbocycles. The summed E-state index contributed by atoms with van der Waals surface area (Å²) in [4.78, 5) is 37.8. The van der Waals surface area contributed by atoms with Crippen molar-refractivity contribution in [1.82, 2.24) is 20.3 Å². The first-order valence-electron chi connectivity index (χ1n) is 13.6. The molecule has 3 aromatic rings. The van der Waals surface area contributed by atoms with Crippen LogP contribution in [0.4, 0.5) is 0 Å². The molecule has 43 heavy (non-hydrogen) atoms. The number of carbonyl (C=O) groups excluding carboxylic acids is 3. The lowest BCUT2D eigenvalue weighted by Gasteiger charge is -2.21. The first-order valence-corrected chi connectivity index (χ1v) is 15.9. The first-order chi connectivity index (χ1) is 20.7. The van der Waals surface area contributed by atoms with E-state index >= 15 is 0 Å². The highest BCUT2D eigenvalue weighted by Gasteiger charge is 2.42. The fraction of sp³-hybridized carbons (Fsp3) is 0.345. The smallest absolute Gasteiger partial charge is 0.261 e. The summed E-state index contributed by atoms with van der Waals surface area (Å²) in [5.41, 5.74) is 1.62. The van der Waals surface area contributed by atoms with Crippen LogP contribution in [-0.2, 0) is 32.6 Å². The second kappa shape index (κ2) is 13.0. The Labute approximate surface area is 253 Å². The summed E-state index contributed by atoms with van der Waals surface area (Å²) in [7, 11) is -0.989. The van der Waals surface area contributed by atoms with Gasteiger partial charge in [-0.05, 0) is 47.9 Å². The molecule has 0 unspecified atom stereocenters. The number of benzene rings is 2. The third-order valence-corrected chi connectivity index (χ3v) is 10.1. The molecule has 1 saturated heterocycles. The summed E-state index contributed by atoms with van der Waals surface area (Å²) < 4.78 is 45.6. The molecular weight excluding hydrogens is 596 g/mol. The van der Waals surface area contributed by atoms with Crippen molar-refractivity contribution in [3.8, 4) is 17.2 Å². The first kappa shape index (κ1) is 30.3. The van der Waals surface area contributed by atoms with Gasteiger partial charge < -0.3 is 30.2 Å². The van der Waals surface area contributed by atoms with E-state index in [0.29, 0.717) is 23.7 Å². The van der Waals surface area contributed by atoms with E-state index in [4.69, 9.17) is 14.2 Å². The minimum atomic E-state index is -3.97. The molecule has 14 heteroatoms. The normalized spacial score (nSPS) is 19.9. The van der Waals surface area contributed by atoms with E-state index in [0.717, 1.165) is 22.5 Å². The third-order valence-electron chi connectivity index (χ3n) is 7.17. The van der Waals surface area contributed by atoms with Gasteiger partial charge in [0, 0.05) is 31.9 Å². The lowest BCUT2D eigenvalue weighted by atomic mass is 10.1. The van der Waals surface area contributed by atoms with Gasteiger partial charge >= 0.3 is 0 Å². The number of hydrogen-bond acceptors (Lipinski definition) is 9. The molecule has 0 saturated carbocycles. The number of nitrogens with one attached hydrogen (secondary N) is 3. The average molecular weight is 629 g/mol. The van der Waals surface area contributed by atoms with Crippen molar-refractivity contribution in [1.29, 1.82) is 0 Å². The number of nitrogens with zero attached hydrogens (tertiary/aromatic N) is 1. The molecule has 2 atom stereocenters. The molecule has 0 radical (unpaired) electrons. The van der Waals surface area contributed by atoms with Gasteiger partial charge in [-0.15, -0.1) is 11.3 Å². The molecule has 1 fully saturated rings. The zero-order valence-corrected chi connectivity index (χ0v) is 25.3. The summed E-state index contributed by atoms with van der Waals surface area (Å²) >= 11 is 1.04. The highest BCUT2D eigenvalue weighted by molar-refractivity contribution is 7.89. The molecular formula is C29H32N4O8S2. The van der Waals surface area contributed by atoms with E-state index in [-0.39, 0.29) is 60.2 Å². The Balaban J connectivity index is 1.40. The van der Waals surface area contributed by atoms with Gasteiger partial charge in [0.05, 0.1) is 29.5 Å². The van der Waals surface area contributed by atoms with Crippen molar-refractivity contribution < 1.29 is 37.0 Å². The van der Waals surface area contributed by atoms with Crippen molar-refractivity contribution in [2.45, 2.75) is 36.4 Å². The van der Waals surface area contributed by atoms with Gasteiger partial charge in [0.15, 0.2) is 18.1 Å². The van der Waals surface area contributed by atoms with Gasteiger partial charge in [-0.25, -0.2) is 8.42 Å². The predicted octanol–water partition coefficient (Wildman–Crippen LogP) is 1.69. The Morgan fingerprint density at radius 1 is 1.05 bits per heavy atom. The van der Waals surface area contributed by atoms with E-state index in [9.17, 15) is 22.8 Å². The number of carbonyl (C=O) groups is 3. The molecule has 4 heterocycles. The fourth-order valence-electron chi connectivity index (χ4n) is 4.82. The van der Waals surface area contributed by atoms with Gasteiger partial charge in [0.1, 0.15) is 11.9 Å². The Morgan fingerprint density at radius 3 is 2.56 bits per heavy atom. The van der Waals surface area contributed by atoms with Gasteiger partial charge in [-0.1, -0.05) is 18.2 Å². The number of sulfonamides is 1. The quantitative estimate of drug-likeness (QED) is 0.395. The highest BCUT2D eigenvalue weighted by atomic mass is 32.2. The zero-order valence-electron chi connectivity index (χ0n) is 23.6. The molecule has 1 aromatic heterocycles. The lowest BCUT2D eigenvalue weighted by Crippen LogP contribution is -2.45. The second-order valence-electron chi connectivity index (χ2n) is 10.1. The molecule has 3 amide bonds. The highest BCUT2D eigenvalue weighted by Crippen LogP contribution is 2.30. The minimum Gasteiger partial charge on any atom is -0.493 e. The Bertz CT molecular complexity index is 1610. The van der Waals surface area contributed by atoms with E-state index in [1.165, 1.54) is 29.9 Å². The number of ether oxygens (including phenoxy) is 3. The monoisotopic (exact) mass is 628 g/mol. The third kappa shape index (κ3) is 7.09. The maximum absolute atomic E-state index is 13.5. The molecule has 3 aliphatic rings. The number of thiophene rings is 1. The summed E-state index contributed by atoms with van der Waals surface area (Å²) in [5.74, 6) is 0.373. The maximum atomic E-state index is 13.5. The van der Waals surface area contributed by atoms with Crippen molar-refractivity contribution in [2.75, 3.05) is 33.9 Å². The number of fused-ring (bicyclic) bond motifs is 9. The average Bonchev–Trinajstić information content (AvgIpc) is 3.67.